The lowest BCUT2D eigenvalue weighted by molar-refractivity contribution is -0.109. The van der Waals surface area contributed by atoms with Crippen molar-refractivity contribution in [3.05, 3.63) is 40.7 Å². The second-order valence-electron chi connectivity index (χ2n) is 6.62. The molecule has 0 aliphatic heterocycles. The topological polar surface area (TPSA) is 50.2 Å². The number of carbonyl (C=O) groups is 1. The van der Waals surface area contributed by atoms with Crippen LogP contribution < -0.4 is 10.2 Å². The van der Waals surface area contributed by atoms with Crippen molar-refractivity contribution in [1.29, 1.82) is 0 Å². The lowest BCUT2D eigenvalue weighted by atomic mass is 10.0. The number of anilines is 1. The first-order valence-electron chi connectivity index (χ1n) is 8.42. The number of hydrogen-bond donors (Lipinski definition) is 1. The molecule has 0 atom stereocenters. The minimum atomic E-state index is 0.467. The van der Waals surface area contributed by atoms with E-state index < -0.39 is 0 Å². The van der Waals surface area contributed by atoms with Crippen molar-refractivity contribution in [2.24, 2.45) is 0 Å². The van der Waals surface area contributed by atoms with Crippen molar-refractivity contribution in [2.45, 2.75) is 40.5 Å². The Labute approximate surface area is 144 Å². The van der Waals surface area contributed by atoms with Gasteiger partial charge < -0.3 is 10.2 Å². The van der Waals surface area contributed by atoms with Gasteiger partial charge in [0.2, 0.25) is 6.41 Å². The minimum absolute atomic E-state index is 0.467. The van der Waals surface area contributed by atoms with Crippen LogP contribution >= 0.6 is 0 Å². The fourth-order valence-electron chi connectivity index (χ4n) is 3.26. The minimum Gasteiger partial charge on any atom is -0.373 e. The molecule has 0 spiro atoms. The first-order chi connectivity index (χ1) is 11.4. The summed E-state index contributed by atoms with van der Waals surface area (Å²) < 4.78 is 2.05. The fraction of sp³-hybridized carbons (Fsp3) is 0.474. The van der Waals surface area contributed by atoms with Crippen LogP contribution in [0.4, 0.5) is 5.69 Å². The number of nitrogens with one attached hydrogen (secondary N) is 1. The summed E-state index contributed by atoms with van der Waals surface area (Å²) in [5.41, 5.74) is 7.07. The summed E-state index contributed by atoms with van der Waals surface area (Å²) >= 11 is 0. The zero-order valence-electron chi connectivity index (χ0n) is 15.6. The number of benzene rings is 1. The van der Waals surface area contributed by atoms with E-state index in [1.54, 1.807) is 0 Å². The zero-order chi connectivity index (χ0) is 17.9. The number of hydrogen-bond acceptors (Lipinski definition) is 3. The molecule has 0 unspecified atom stereocenters. The van der Waals surface area contributed by atoms with Gasteiger partial charge in [-0.3, -0.25) is 4.79 Å². The van der Waals surface area contributed by atoms with E-state index in [0.717, 1.165) is 30.0 Å². The molecule has 1 amide bonds. The molecule has 130 valence electrons. The molecule has 0 saturated carbocycles. The Morgan fingerprint density at radius 1 is 1.29 bits per heavy atom. The van der Waals surface area contributed by atoms with Crippen LogP contribution in [0.2, 0.25) is 0 Å². The van der Waals surface area contributed by atoms with Crippen LogP contribution in [-0.2, 0) is 4.79 Å². The second-order valence-corrected chi connectivity index (χ2v) is 6.62. The van der Waals surface area contributed by atoms with Gasteiger partial charge >= 0.3 is 0 Å². The van der Waals surface area contributed by atoms with Gasteiger partial charge in [0, 0.05) is 31.5 Å². The fourth-order valence-corrected chi connectivity index (χ4v) is 3.26. The molecule has 24 heavy (non-hydrogen) atoms. The number of amides is 1. The Morgan fingerprint density at radius 3 is 2.54 bits per heavy atom. The van der Waals surface area contributed by atoms with Gasteiger partial charge in [0.15, 0.2) is 0 Å². The highest BCUT2D eigenvalue weighted by atomic mass is 16.1. The lowest BCUT2D eigenvalue weighted by Gasteiger charge is -2.20. The Bertz CT molecular complexity index is 718. The molecule has 1 N–H and O–H groups in total. The van der Waals surface area contributed by atoms with Gasteiger partial charge in [-0.05, 0) is 56.0 Å². The van der Waals surface area contributed by atoms with Crippen LogP contribution in [0.1, 0.15) is 42.3 Å². The molecule has 0 radical (unpaired) electrons. The monoisotopic (exact) mass is 328 g/mol. The van der Waals surface area contributed by atoms with Crippen molar-refractivity contribution in [2.75, 3.05) is 25.0 Å². The highest BCUT2D eigenvalue weighted by molar-refractivity contribution is 5.56. The van der Waals surface area contributed by atoms with E-state index in [0.29, 0.717) is 12.5 Å². The van der Waals surface area contributed by atoms with E-state index in [-0.39, 0.29) is 0 Å². The van der Waals surface area contributed by atoms with Crippen molar-refractivity contribution in [3.8, 4) is 5.69 Å². The number of likely N-dealkylation sites (N-methyl/N-ethyl adjacent to an activating group) is 1. The summed E-state index contributed by atoms with van der Waals surface area (Å²) in [6.07, 6.45) is 0.733. The summed E-state index contributed by atoms with van der Waals surface area (Å²) in [5, 5.41) is 7.44. The van der Waals surface area contributed by atoms with Crippen molar-refractivity contribution < 1.29 is 4.79 Å². The van der Waals surface area contributed by atoms with Gasteiger partial charge in [-0.2, -0.15) is 5.10 Å². The number of rotatable bonds is 7. The summed E-state index contributed by atoms with van der Waals surface area (Å²) in [4.78, 5) is 12.5. The van der Waals surface area contributed by atoms with Crippen LogP contribution in [0, 0.1) is 20.8 Å². The molecule has 0 aliphatic carbocycles. The zero-order valence-corrected chi connectivity index (χ0v) is 15.6. The van der Waals surface area contributed by atoms with Crippen LogP contribution in [0.5, 0.6) is 0 Å². The quantitative estimate of drug-likeness (QED) is 0.627. The first kappa shape index (κ1) is 18.0. The molecule has 0 saturated heterocycles. The molecule has 0 aliphatic rings. The van der Waals surface area contributed by atoms with E-state index in [2.05, 4.69) is 67.7 Å². The normalized spacial score (nSPS) is 11.0. The van der Waals surface area contributed by atoms with E-state index in [1.165, 1.54) is 16.8 Å². The van der Waals surface area contributed by atoms with E-state index in [1.807, 2.05) is 7.05 Å². The van der Waals surface area contributed by atoms with Gasteiger partial charge in [0.25, 0.3) is 0 Å². The Balaban J connectivity index is 2.31. The predicted octanol–water partition coefficient (Wildman–Crippen LogP) is 3.10. The smallest absolute Gasteiger partial charge is 0.207 e. The van der Waals surface area contributed by atoms with Gasteiger partial charge in [-0.1, -0.05) is 13.8 Å². The molecule has 1 aromatic carbocycles. The van der Waals surface area contributed by atoms with Crippen LogP contribution in [-0.4, -0.2) is 36.3 Å². The maximum atomic E-state index is 10.3. The van der Waals surface area contributed by atoms with Crippen molar-refractivity contribution in [1.82, 2.24) is 15.1 Å². The Kier molecular flexibility index (Phi) is 5.65. The SMILES string of the molecule is Cc1cc(N(C)CCNC=O)ccc1-n1nc(C)c(C(C)C)c1C. The molecule has 2 aromatic rings. The largest absolute Gasteiger partial charge is 0.373 e. The summed E-state index contributed by atoms with van der Waals surface area (Å²) in [6, 6.07) is 6.40. The van der Waals surface area contributed by atoms with Crippen LogP contribution in [0.15, 0.2) is 18.2 Å². The summed E-state index contributed by atoms with van der Waals surface area (Å²) in [7, 11) is 2.03. The van der Waals surface area contributed by atoms with Crippen LogP contribution in [0.25, 0.3) is 5.69 Å². The molecular formula is C19H28N4O. The number of nitrogens with zero attached hydrogens (tertiary/aromatic N) is 3. The number of carbonyl (C=O) groups excluding carboxylic acids is 1. The van der Waals surface area contributed by atoms with E-state index in [9.17, 15) is 4.79 Å². The first-order valence-corrected chi connectivity index (χ1v) is 8.42. The molecule has 5 heteroatoms. The van der Waals surface area contributed by atoms with Gasteiger partial charge in [0.05, 0.1) is 11.4 Å². The van der Waals surface area contributed by atoms with Crippen LogP contribution in [0.3, 0.4) is 0 Å². The average Bonchev–Trinajstić information content (AvgIpc) is 2.82. The molecule has 1 aromatic heterocycles. The molecule has 2 rings (SSSR count). The number of aryl methyl sites for hydroxylation is 2. The summed E-state index contributed by atoms with van der Waals surface area (Å²) in [5.74, 6) is 0.467. The lowest BCUT2D eigenvalue weighted by Crippen LogP contribution is -2.28. The standard InChI is InChI=1S/C19H28N4O/c1-13(2)19-15(4)21-23(16(19)5)18-8-7-17(11-14(18)3)22(6)10-9-20-12-24/h7-8,11-13H,9-10H2,1-6H3,(H,20,24). The Hall–Kier alpha value is -2.30. The third-order valence-corrected chi connectivity index (χ3v) is 4.45. The maximum Gasteiger partial charge on any atom is 0.207 e. The van der Waals surface area contributed by atoms with Gasteiger partial charge in [-0.25, -0.2) is 4.68 Å². The Morgan fingerprint density at radius 2 is 2.00 bits per heavy atom. The molecule has 0 fully saturated rings. The second kappa shape index (κ2) is 7.51. The molecular weight excluding hydrogens is 300 g/mol. The number of aromatic nitrogens is 2. The van der Waals surface area contributed by atoms with Gasteiger partial charge in [-0.15, -0.1) is 0 Å². The molecule has 5 nitrogen and oxygen atoms in total. The van der Waals surface area contributed by atoms with E-state index in [4.69, 9.17) is 5.10 Å². The maximum absolute atomic E-state index is 10.3. The highest BCUT2D eigenvalue weighted by Gasteiger charge is 2.16. The third kappa shape index (κ3) is 3.61. The molecule has 0 bridgehead atoms. The van der Waals surface area contributed by atoms with Crippen molar-refractivity contribution >= 4 is 12.1 Å². The summed E-state index contributed by atoms with van der Waals surface area (Å²) in [6.45, 7) is 12.2. The third-order valence-electron chi connectivity index (χ3n) is 4.45. The molecule has 1 heterocycles. The van der Waals surface area contributed by atoms with Crippen molar-refractivity contribution in [3.63, 3.8) is 0 Å². The van der Waals surface area contributed by atoms with E-state index >= 15 is 0 Å². The average molecular weight is 328 g/mol. The van der Waals surface area contributed by atoms with Gasteiger partial charge in [0.1, 0.15) is 0 Å². The predicted molar refractivity (Wildman–Crippen MR) is 99.2 cm³/mol. The highest BCUT2D eigenvalue weighted by Crippen LogP contribution is 2.27.